The minimum absolute atomic E-state index is 0.00663. The van der Waals surface area contributed by atoms with Gasteiger partial charge in [0, 0.05) is 11.3 Å². The zero-order chi connectivity index (χ0) is 24.5. The summed E-state index contributed by atoms with van der Waals surface area (Å²) >= 11 is 0. The first-order valence-electron chi connectivity index (χ1n) is 11.1. The van der Waals surface area contributed by atoms with E-state index in [0.717, 1.165) is 10.8 Å². The second-order valence-electron chi connectivity index (χ2n) is 8.34. The normalized spacial score (nSPS) is 17.1. The highest BCUT2D eigenvalue weighted by Gasteiger charge is 2.47. The zero-order valence-electron chi connectivity index (χ0n) is 18.6. The van der Waals surface area contributed by atoms with Gasteiger partial charge in [0.1, 0.15) is 5.76 Å². The third-order valence-electron chi connectivity index (χ3n) is 6.17. The molecule has 0 radical (unpaired) electrons. The summed E-state index contributed by atoms with van der Waals surface area (Å²) in [6.07, 6.45) is -0.151. The lowest BCUT2D eigenvalue weighted by Crippen LogP contribution is -2.29. The molecule has 2 N–H and O–H groups in total. The smallest absolute Gasteiger partial charge is 0.307 e. The van der Waals surface area contributed by atoms with Crippen LogP contribution in [0.5, 0.6) is 0 Å². The predicted molar refractivity (Wildman–Crippen MR) is 133 cm³/mol. The summed E-state index contributed by atoms with van der Waals surface area (Å²) in [7, 11) is 0. The van der Waals surface area contributed by atoms with Crippen LogP contribution in [0.15, 0.2) is 103 Å². The van der Waals surface area contributed by atoms with E-state index in [1.165, 1.54) is 4.90 Å². The van der Waals surface area contributed by atoms with Gasteiger partial charge in [-0.15, -0.1) is 0 Å². The summed E-state index contributed by atoms with van der Waals surface area (Å²) in [6, 6.07) is 27.7. The van der Waals surface area contributed by atoms with Crippen molar-refractivity contribution in [2.45, 2.75) is 12.5 Å². The number of rotatable bonds is 5. The van der Waals surface area contributed by atoms with Crippen molar-refractivity contribution in [1.29, 1.82) is 0 Å². The Labute approximate surface area is 201 Å². The molecule has 1 heterocycles. The average molecular weight is 463 g/mol. The number of carbonyl (C=O) groups is 3. The van der Waals surface area contributed by atoms with Crippen LogP contribution in [0.1, 0.15) is 22.7 Å². The first-order valence-corrected chi connectivity index (χ1v) is 11.1. The molecule has 35 heavy (non-hydrogen) atoms. The third-order valence-corrected chi connectivity index (χ3v) is 6.17. The van der Waals surface area contributed by atoms with Crippen molar-refractivity contribution in [3.05, 3.63) is 119 Å². The van der Waals surface area contributed by atoms with Gasteiger partial charge in [0.15, 0.2) is 0 Å². The van der Waals surface area contributed by atoms with Crippen molar-refractivity contribution >= 4 is 39.9 Å². The van der Waals surface area contributed by atoms with Crippen LogP contribution in [0.25, 0.3) is 16.5 Å². The fraction of sp³-hybridized carbons (Fsp3) is 0.0690. The lowest BCUT2D eigenvalue weighted by molar-refractivity contribution is -0.136. The van der Waals surface area contributed by atoms with Crippen LogP contribution >= 0.6 is 0 Å². The van der Waals surface area contributed by atoms with Gasteiger partial charge in [0.05, 0.1) is 18.0 Å². The number of nitrogens with zero attached hydrogens (tertiary/aromatic N) is 1. The first-order chi connectivity index (χ1) is 17.0. The largest absolute Gasteiger partial charge is 0.507 e. The van der Waals surface area contributed by atoms with E-state index >= 15 is 0 Å². The molecule has 0 aromatic heterocycles. The Hall–Kier alpha value is -4.71. The van der Waals surface area contributed by atoms with E-state index in [-0.39, 0.29) is 17.8 Å². The minimum Gasteiger partial charge on any atom is -0.507 e. The molecule has 1 amide bonds. The molecule has 1 saturated heterocycles. The molecular weight excluding hydrogens is 442 g/mol. The molecule has 172 valence electrons. The molecule has 6 nitrogen and oxygen atoms in total. The van der Waals surface area contributed by atoms with Gasteiger partial charge in [-0.3, -0.25) is 19.3 Å². The summed E-state index contributed by atoms with van der Waals surface area (Å²) in [5, 5.41) is 22.2. The molecule has 1 fully saturated rings. The second-order valence-corrected chi connectivity index (χ2v) is 8.34. The number of amides is 1. The van der Waals surface area contributed by atoms with Crippen molar-refractivity contribution in [1.82, 2.24) is 0 Å². The fourth-order valence-electron chi connectivity index (χ4n) is 4.58. The Morgan fingerprint density at radius 1 is 0.771 bits per heavy atom. The third kappa shape index (κ3) is 3.95. The molecule has 1 aliphatic heterocycles. The molecule has 4 aromatic carbocycles. The average Bonchev–Trinajstić information content (AvgIpc) is 3.14. The van der Waals surface area contributed by atoms with Gasteiger partial charge >= 0.3 is 5.97 Å². The maximum absolute atomic E-state index is 13.3. The number of fused-ring (bicyclic) bond motifs is 1. The summed E-state index contributed by atoms with van der Waals surface area (Å²) in [6.45, 7) is 0. The van der Waals surface area contributed by atoms with E-state index in [1.807, 2.05) is 48.5 Å². The Bertz CT molecular complexity index is 1480. The number of anilines is 1. The van der Waals surface area contributed by atoms with Gasteiger partial charge in [-0.2, -0.15) is 0 Å². The Morgan fingerprint density at radius 2 is 1.43 bits per heavy atom. The zero-order valence-corrected chi connectivity index (χ0v) is 18.6. The van der Waals surface area contributed by atoms with E-state index < -0.39 is 23.7 Å². The number of ketones is 1. The van der Waals surface area contributed by atoms with Gasteiger partial charge in [0.25, 0.3) is 11.7 Å². The van der Waals surface area contributed by atoms with Crippen LogP contribution in [0.3, 0.4) is 0 Å². The monoisotopic (exact) mass is 463 g/mol. The highest BCUT2D eigenvalue weighted by Crippen LogP contribution is 2.42. The predicted octanol–water partition coefficient (Wildman–Crippen LogP) is 5.09. The van der Waals surface area contributed by atoms with E-state index in [1.54, 1.807) is 48.5 Å². The van der Waals surface area contributed by atoms with E-state index in [0.29, 0.717) is 22.4 Å². The van der Waals surface area contributed by atoms with Crippen LogP contribution in [-0.2, 0) is 20.8 Å². The highest BCUT2D eigenvalue weighted by atomic mass is 16.4. The Morgan fingerprint density at radius 3 is 2.14 bits per heavy atom. The number of benzene rings is 4. The Balaban J connectivity index is 1.70. The fourth-order valence-corrected chi connectivity index (χ4v) is 4.58. The molecule has 0 saturated carbocycles. The molecule has 0 bridgehead atoms. The van der Waals surface area contributed by atoms with Gasteiger partial charge in [-0.05, 0) is 34.0 Å². The van der Waals surface area contributed by atoms with Crippen molar-refractivity contribution in [3.63, 3.8) is 0 Å². The minimum atomic E-state index is -0.961. The summed E-state index contributed by atoms with van der Waals surface area (Å²) < 4.78 is 0. The number of Topliss-reactive ketones (excluding diaryl/α,β-unsaturated/α-hetero) is 1. The van der Waals surface area contributed by atoms with Gasteiger partial charge in [-0.25, -0.2) is 0 Å². The van der Waals surface area contributed by atoms with Gasteiger partial charge in [0.2, 0.25) is 0 Å². The van der Waals surface area contributed by atoms with Crippen molar-refractivity contribution < 1.29 is 24.6 Å². The van der Waals surface area contributed by atoms with Gasteiger partial charge < -0.3 is 10.2 Å². The number of aliphatic carboxylic acids is 1. The maximum Gasteiger partial charge on any atom is 0.307 e. The number of carboxylic acids is 1. The van der Waals surface area contributed by atoms with Crippen LogP contribution < -0.4 is 4.90 Å². The van der Waals surface area contributed by atoms with E-state index in [4.69, 9.17) is 5.11 Å². The van der Waals surface area contributed by atoms with E-state index in [9.17, 15) is 19.5 Å². The molecule has 4 aromatic rings. The number of carboxylic acid groups (broad SMARTS) is 1. The lowest BCUT2D eigenvalue weighted by Gasteiger charge is -2.25. The summed E-state index contributed by atoms with van der Waals surface area (Å²) in [5.41, 5.74) is 2.16. The molecule has 1 unspecified atom stereocenters. The van der Waals surface area contributed by atoms with E-state index in [2.05, 4.69) is 0 Å². The topological polar surface area (TPSA) is 94.9 Å². The number of carbonyl (C=O) groups excluding carboxylic acids is 2. The van der Waals surface area contributed by atoms with Crippen molar-refractivity contribution in [3.8, 4) is 0 Å². The number of hydrogen-bond acceptors (Lipinski definition) is 4. The van der Waals surface area contributed by atoms with Crippen LogP contribution in [0.4, 0.5) is 5.69 Å². The van der Waals surface area contributed by atoms with Crippen LogP contribution in [0.2, 0.25) is 0 Å². The molecular formula is C29H21NO5. The lowest BCUT2D eigenvalue weighted by atomic mass is 9.93. The second kappa shape index (κ2) is 8.91. The molecule has 0 spiro atoms. The van der Waals surface area contributed by atoms with Crippen LogP contribution in [-0.4, -0.2) is 27.9 Å². The standard InChI is InChI=1S/C29H21NO5/c31-24(32)17-18-13-15-21(16-14-18)30-26(20-8-2-1-3-9-20)25(28(34)29(30)35)27(33)23-12-6-10-19-7-4-5-11-22(19)23/h1-16,26,33H,17H2,(H,31,32)/b27-25-. The highest BCUT2D eigenvalue weighted by molar-refractivity contribution is 6.51. The molecule has 0 aliphatic carbocycles. The maximum atomic E-state index is 13.3. The molecule has 6 heteroatoms. The van der Waals surface area contributed by atoms with Gasteiger partial charge in [-0.1, -0.05) is 84.9 Å². The first kappa shape index (κ1) is 22.1. The summed E-state index contributed by atoms with van der Waals surface area (Å²) in [4.78, 5) is 39.1. The number of aliphatic hydroxyl groups excluding tert-OH is 1. The SMILES string of the molecule is O=C(O)Cc1ccc(N2C(=O)C(=O)/C(=C(\O)c3cccc4ccccc34)C2c2ccccc2)cc1. The Kier molecular flexibility index (Phi) is 5.63. The molecule has 1 atom stereocenters. The number of hydrogen-bond donors (Lipinski definition) is 2. The number of aliphatic hydroxyl groups is 1. The van der Waals surface area contributed by atoms with Crippen molar-refractivity contribution in [2.75, 3.05) is 4.90 Å². The molecule has 1 aliphatic rings. The quantitative estimate of drug-likeness (QED) is 0.244. The summed E-state index contributed by atoms with van der Waals surface area (Å²) in [5.74, 6) is -2.73. The van der Waals surface area contributed by atoms with Crippen molar-refractivity contribution in [2.24, 2.45) is 0 Å². The molecule has 5 rings (SSSR count). The van der Waals surface area contributed by atoms with Crippen LogP contribution in [0, 0.1) is 0 Å².